The fraction of sp³-hybridized carbons (Fsp3) is 0.200. The molecule has 2 rings (SSSR count). The van der Waals surface area contributed by atoms with Crippen LogP contribution in [0.15, 0.2) is 34.8 Å². The van der Waals surface area contributed by atoms with Crippen LogP contribution in [0.25, 0.3) is 0 Å². The van der Waals surface area contributed by atoms with E-state index in [-0.39, 0.29) is 0 Å². The molecular formula is C15H15BrClNO. The van der Waals surface area contributed by atoms with Gasteiger partial charge in [0.2, 0.25) is 0 Å². The number of aryl methyl sites for hydroxylation is 2. The van der Waals surface area contributed by atoms with Crippen LogP contribution in [-0.4, -0.2) is 0 Å². The van der Waals surface area contributed by atoms with Crippen molar-refractivity contribution < 1.29 is 4.74 Å². The Balaban J connectivity index is 2.29. The first-order chi connectivity index (χ1) is 9.01. The van der Waals surface area contributed by atoms with E-state index in [1.165, 1.54) is 0 Å². The number of hydrogen-bond donors (Lipinski definition) is 1. The van der Waals surface area contributed by atoms with Crippen molar-refractivity contribution in [2.75, 3.05) is 0 Å². The first kappa shape index (κ1) is 14.4. The predicted octanol–water partition coefficient (Wildman–Crippen LogP) is 4.97. The Hall–Kier alpha value is -1.03. The summed E-state index contributed by atoms with van der Waals surface area (Å²) in [7, 11) is 0. The Labute approximate surface area is 126 Å². The van der Waals surface area contributed by atoms with E-state index in [0.29, 0.717) is 17.3 Å². The van der Waals surface area contributed by atoms with Crippen LogP contribution >= 0.6 is 27.5 Å². The largest absolute Gasteiger partial charge is 0.457 e. The Kier molecular flexibility index (Phi) is 4.50. The van der Waals surface area contributed by atoms with E-state index in [0.717, 1.165) is 26.9 Å². The number of hydrogen-bond acceptors (Lipinski definition) is 2. The maximum Gasteiger partial charge on any atom is 0.128 e. The minimum atomic E-state index is 0.426. The van der Waals surface area contributed by atoms with Gasteiger partial charge in [0.25, 0.3) is 0 Å². The Morgan fingerprint density at radius 3 is 2.26 bits per heavy atom. The number of halogens is 2. The highest BCUT2D eigenvalue weighted by Gasteiger charge is 2.06. The van der Waals surface area contributed by atoms with Crippen molar-refractivity contribution >= 4 is 27.5 Å². The zero-order chi connectivity index (χ0) is 14.0. The molecule has 4 heteroatoms. The van der Waals surface area contributed by atoms with Crippen LogP contribution in [0.5, 0.6) is 11.5 Å². The highest BCUT2D eigenvalue weighted by molar-refractivity contribution is 9.10. The maximum atomic E-state index is 6.12. The second-order valence-electron chi connectivity index (χ2n) is 4.43. The van der Waals surface area contributed by atoms with Gasteiger partial charge in [0.05, 0.1) is 0 Å². The van der Waals surface area contributed by atoms with Gasteiger partial charge < -0.3 is 10.5 Å². The van der Waals surface area contributed by atoms with Crippen LogP contribution in [0.1, 0.15) is 16.7 Å². The van der Waals surface area contributed by atoms with Crippen LogP contribution in [0, 0.1) is 13.8 Å². The summed E-state index contributed by atoms with van der Waals surface area (Å²) in [6.07, 6.45) is 0. The molecule has 2 aromatic carbocycles. The molecule has 2 nitrogen and oxygen atoms in total. The van der Waals surface area contributed by atoms with Gasteiger partial charge in [-0.05, 0) is 54.8 Å². The average Bonchev–Trinajstić information content (AvgIpc) is 2.36. The van der Waals surface area contributed by atoms with Gasteiger partial charge in [0, 0.05) is 16.0 Å². The highest BCUT2D eigenvalue weighted by Crippen LogP contribution is 2.31. The lowest BCUT2D eigenvalue weighted by Crippen LogP contribution is -1.97. The molecule has 0 aliphatic carbocycles. The summed E-state index contributed by atoms with van der Waals surface area (Å²) < 4.78 is 6.94. The molecule has 0 fully saturated rings. The summed E-state index contributed by atoms with van der Waals surface area (Å²) >= 11 is 9.65. The normalized spacial score (nSPS) is 10.6. The minimum absolute atomic E-state index is 0.426. The van der Waals surface area contributed by atoms with Crippen molar-refractivity contribution in [3.63, 3.8) is 0 Å². The van der Waals surface area contributed by atoms with Crippen LogP contribution in [0.3, 0.4) is 0 Å². The fourth-order valence-corrected chi connectivity index (χ4v) is 2.33. The molecule has 2 N–H and O–H groups in total. The number of benzene rings is 2. The predicted molar refractivity (Wildman–Crippen MR) is 83.0 cm³/mol. The van der Waals surface area contributed by atoms with E-state index in [9.17, 15) is 0 Å². The van der Waals surface area contributed by atoms with Gasteiger partial charge in [0.1, 0.15) is 11.5 Å². The van der Waals surface area contributed by atoms with Crippen molar-refractivity contribution in [2.45, 2.75) is 20.4 Å². The van der Waals surface area contributed by atoms with Gasteiger partial charge in [-0.3, -0.25) is 0 Å². The molecule has 0 bridgehead atoms. The minimum Gasteiger partial charge on any atom is -0.457 e. The average molecular weight is 341 g/mol. The van der Waals surface area contributed by atoms with Gasteiger partial charge in [-0.1, -0.05) is 33.6 Å². The van der Waals surface area contributed by atoms with Crippen molar-refractivity contribution in [2.24, 2.45) is 5.73 Å². The topological polar surface area (TPSA) is 35.2 Å². The summed E-state index contributed by atoms with van der Waals surface area (Å²) in [6, 6.07) is 9.52. The Morgan fingerprint density at radius 1 is 1.11 bits per heavy atom. The first-order valence-corrected chi connectivity index (χ1v) is 7.11. The molecular weight excluding hydrogens is 326 g/mol. The molecule has 0 aliphatic heterocycles. The summed E-state index contributed by atoms with van der Waals surface area (Å²) in [6.45, 7) is 4.50. The number of rotatable bonds is 3. The van der Waals surface area contributed by atoms with E-state index in [2.05, 4.69) is 15.9 Å². The Bertz CT molecular complexity index is 590. The zero-order valence-electron chi connectivity index (χ0n) is 10.8. The van der Waals surface area contributed by atoms with E-state index >= 15 is 0 Å². The van der Waals surface area contributed by atoms with Crippen molar-refractivity contribution in [1.82, 2.24) is 0 Å². The standard InChI is InChI=1S/C15H15BrClNO/c1-9-5-13(6-10(2)15(9)16)19-12-4-3-11(8-18)14(17)7-12/h3-7H,8,18H2,1-2H3. The van der Waals surface area contributed by atoms with Crippen LogP contribution in [0.2, 0.25) is 5.02 Å². The third-order valence-electron chi connectivity index (χ3n) is 2.89. The van der Waals surface area contributed by atoms with Crippen molar-refractivity contribution in [3.8, 4) is 11.5 Å². The first-order valence-electron chi connectivity index (χ1n) is 5.94. The summed E-state index contributed by atoms with van der Waals surface area (Å²) in [5, 5.41) is 0.630. The quantitative estimate of drug-likeness (QED) is 0.856. The molecule has 0 aromatic heterocycles. The number of ether oxygens (including phenoxy) is 1. The summed E-state index contributed by atoms with van der Waals surface area (Å²) in [5.74, 6) is 1.51. The van der Waals surface area contributed by atoms with Crippen LogP contribution in [0.4, 0.5) is 0 Å². The van der Waals surface area contributed by atoms with Crippen molar-refractivity contribution in [3.05, 3.63) is 56.5 Å². The highest BCUT2D eigenvalue weighted by atomic mass is 79.9. The molecule has 2 aromatic rings. The van der Waals surface area contributed by atoms with Gasteiger partial charge >= 0.3 is 0 Å². The van der Waals surface area contributed by atoms with Gasteiger partial charge in [-0.15, -0.1) is 0 Å². The molecule has 0 unspecified atom stereocenters. The molecule has 0 atom stereocenters. The van der Waals surface area contributed by atoms with Crippen LogP contribution in [-0.2, 0) is 6.54 Å². The smallest absolute Gasteiger partial charge is 0.128 e. The molecule has 0 spiro atoms. The Morgan fingerprint density at radius 2 is 1.74 bits per heavy atom. The fourth-order valence-electron chi connectivity index (χ4n) is 1.86. The van der Waals surface area contributed by atoms with Gasteiger partial charge in [0.15, 0.2) is 0 Å². The zero-order valence-corrected chi connectivity index (χ0v) is 13.2. The lowest BCUT2D eigenvalue weighted by molar-refractivity contribution is 0.481. The third-order valence-corrected chi connectivity index (χ3v) is 4.49. The van der Waals surface area contributed by atoms with Gasteiger partial charge in [-0.25, -0.2) is 0 Å². The second kappa shape index (κ2) is 5.95. The molecule has 0 amide bonds. The molecule has 100 valence electrons. The molecule has 0 saturated heterocycles. The van der Waals surface area contributed by atoms with Crippen molar-refractivity contribution in [1.29, 1.82) is 0 Å². The monoisotopic (exact) mass is 339 g/mol. The molecule has 0 aliphatic rings. The van der Waals surface area contributed by atoms with Gasteiger partial charge in [-0.2, -0.15) is 0 Å². The van der Waals surface area contributed by atoms with E-state index in [1.54, 1.807) is 6.07 Å². The molecule has 0 heterocycles. The molecule has 0 saturated carbocycles. The lowest BCUT2D eigenvalue weighted by atomic mass is 10.1. The summed E-state index contributed by atoms with van der Waals surface area (Å²) in [4.78, 5) is 0. The third kappa shape index (κ3) is 3.30. The SMILES string of the molecule is Cc1cc(Oc2ccc(CN)c(Cl)c2)cc(C)c1Br. The second-order valence-corrected chi connectivity index (χ2v) is 5.63. The maximum absolute atomic E-state index is 6.12. The molecule has 19 heavy (non-hydrogen) atoms. The lowest BCUT2D eigenvalue weighted by Gasteiger charge is -2.11. The van der Waals surface area contributed by atoms with E-state index in [1.807, 2.05) is 38.1 Å². The van der Waals surface area contributed by atoms with Crippen LogP contribution < -0.4 is 10.5 Å². The number of nitrogens with two attached hydrogens (primary N) is 1. The summed E-state index contributed by atoms with van der Waals surface area (Å²) in [5.41, 5.74) is 8.77. The molecule has 0 radical (unpaired) electrons. The van der Waals surface area contributed by atoms with E-state index in [4.69, 9.17) is 22.1 Å². The van der Waals surface area contributed by atoms with E-state index < -0.39 is 0 Å².